The third-order valence-electron chi connectivity index (χ3n) is 5.52. The summed E-state index contributed by atoms with van der Waals surface area (Å²) in [5.41, 5.74) is 1.11. The van der Waals surface area contributed by atoms with Crippen LogP contribution in [0.15, 0.2) is 53.1 Å². The van der Waals surface area contributed by atoms with Crippen LogP contribution in [0.3, 0.4) is 0 Å². The molecule has 0 unspecified atom stereocenters. The second kappa shape index (κ2) is 8.48. The Morgan fingerprint density at radius 3 is 2.67 bits per heavy atom. The van der Waals surface area contributed by atoms with Gasteiger partial charge >= 0.3 is 6.03 Å². The van der Waals surface area contributed by atoms with E-state index in [1.54, 1.807) is 6.26 Å². The minimum absolute atomic E-state index is 0.0168. The molecule has 0 spiro atoms. The highest BCUT2D eigenvalue weighted by Gasteiger charge is 2.29. The molecule has 1 aromatic carbocycles. The van der Waals surface area contributed by atoms with Gasteiger partial charge in [-0.1, -0.05) is 18.2 Å². The van der Waals surface area contributed by atoms with Gasteiger partial charge in [0.15, 0.2) is 0 Å². The van der Waals surface area contributed by atoms with Crippen molar-refractivity contribution in [3.8, 4) is 0 Å². The van der Waals surface area contributed by atoms with Crippen LogP contribution in [-0.4, -0.2) is 54.6 Å². The summed E-state index contributed by atoms with van der Waals surface area (Å²) in [7, 11) is 0. The van der Waals surface area contributed by atoms with Crippen LogP contribution in [0.5, 0.6) is 0 Å². The first-order valence-corrected chi connectivity index (χ1v) is 9.91. The van der Waals surface area contributed by atoms with Crippen LogP contribution in [0, 0.1) is 0 Å². The van der Waals surface area contributed by atoms with Crippen molar-refractivity contribution in [3.63, 3.8) is 0 Å². The first-order chi connectivity index (χ1) is 13.3. The van der Waals surface area contributed by atoms with Gasteiger partial charge in [0.05, 0.1) is 12.3 Å². The lowest BCUT2D eigenvalue weighted by atomic mass is 10.2. The van der Waals surface area contributed by atoms with E-state index in [0.717, 1.165) is 44.0 Å². The van der Waals surface area contributed by atoms with Gasteiger partial charge in [-0.05, 0) is 56.6 Å². The summed E-state index contributed by atoms with van der Waals surface area (Å²) < 4.78 is 5.63. The van der Waals surface area contributed by atoms with Crippen molar-refractivity contribution in [1.29, 1.82) is 0 Å². The van der Waals surface area contributed by atoms with E-state index in [-0.39, 0.29) is 12.1 Å². The van der Waals surface area contributed by atoms with Crippen LogP contribution in [0.4, 0.5) is 10.5 Å². The average molecular weight is 368 g/mol. The quantitative estimate of drug-likeness (QED) is 0.821. The first kappa shape index (κ1) is 17.9. The fourth-order valence-corrected chi connectivity index (χ4v) is 4.07. The Balaban J connectivity index is 1.29. The van der Waals surface area contributed by atoms with E-state index in [4.69, 9.17) is 4.42 Å². The molecule has 2 atom stereocenters. The summed E-state index contributed by atoms with van der Waals surface area (Å²) in [6.45, 7) is 4.23. The van der Waals surface area contributed by atoms with Crippen LogP contribution >= 0.6 is 0 Å². The maximum Gasteiger partial charge on any atom is 0.317 e. The Bertz CT molecular complexity index is 713. The first-order valence-electron chi connectivity index (χ1n) is 9.91. The molecule has 144 valence electrons. The van der Waals surface area contributed by atoms with Crippen LogP contribution in [0.2, 0.25) is 0 Å². The van der Waals surface area contributed by atoms with Gasteiger partial charge in [0.1, 0.15) is 5.76 Å². The van der Waals surface area contributed by atoms with Gasteiger partial charge in [0.2, 0.25) is 0 Å². The number of anilines is 1. The average Bonchev–Trinajstić information content (AvgIpc) is 3.46. The number of hydrogen-bond donors (Lipinski definition) is 2. The molecule has 2 aromatic rings. The topological polar surface area (TPSA) is 60.8 Å². The van der Waals surface area contributed by atoms with Gasteiger partial charge in [0.25, 0.3) is 0 Å². The van der Waals surface area contributed by atoms with E-state index in [1.165, 1.54) is 12.8 Å². The zero-order chi connectivity index (χ0) is 18.5. The normalized spacial score (nSPS) is 21.3. The molecule has 0 bridgehead atoms. The van der Waals surface area contributed by atoms with E-state index in [2.05, 4.69) is 27.7 Å². The number of para-hydroxylation sites is 1. The van der Waals surface area contributed by atoms with E-state index in [0.29, 0.717) is 12.6 Å². The molecule has 2 aliphatic heterocycles. The van der Waals surface area contributed by atoms with E-state index in [1.807, 2.05) is 35.2 Å². The number of likely N-dealkylation sites (tertiary alicyclic amines) is 2. The molecule has 6 heteroatoms. The molecule has 27 heavy (non-hydrogen) atoms. The van der Waals surface area contributed by atoms with Crippen molar-refractivity contribution in [2.75, 3.05) is 38.0 Å². The minimum Gasteiger partial charge on any atom is -0.468 e. The lowest BCUT2D eigenvalue weighted by Crippen LogP contribution is -2.43. The summed E-state index contributed by atoms with van der Waals surface area (Å²) >= 11 is 0. The molecule has 6 nitrogen and oxygen atoms in total. The van der Waals surface area contributed by atoms with Gasteiger partial charge < -0.3 is 20.0 Å². The molecule has 2 saturated heterocycles. The summed E-state index contributed by atoms with van der Waals surface area (Å²) in [5, 5.41) is 6.64. The number of nitrogens with zero attached hydrogens (tertiary/aromatic N) is 2. The molecule has 3 heterocycles. The van der Waals surface area contributed by atoms with Crippen molar-refractivity contribution in [2.45, 2.75) is 31.3 Å². The Morgan fingerprint density at radius 2 is 1.93 bits per heavy atom. The predicted octanol–water partition coefficient (Wildman–Crippen LogP) is 3.31. The molecule has 2 amide bonds. The highest BCUT2D eigenvalue weighted by atomic mass is 16.3. The smallest absolute Gasteiger partial charge is 0.317 e. The minimum atomic E-state index is 0.0168. The molecule has 0 radical (unpaired) electrons. The third kappa shape index (κ3) is 4.45. The third-order valence-corrected chi connectivity index (χ3v) is 5.52. The second-order valence-electron chi connectivity index (χ2n) is 7.40. The molecule has 0 aliphatic carbocycles. The molecule has 0 saturated carbocycles. The number of rotatable bonds is 6. The van der Waals surface area contributed by atoms with Gasteiger partial charge in [-0.3, -0.25) is 4.90 Å². The lowest BCUT2D eigenvalue weighted by molar-refractivity contribution is 0.188. The molecule has 2 fully saturated rings. The Hall–Kier alpha value is -2.47. The Morgan fingerprint density at radius 1 is 1.11 bits per heavy atom. The number of hydrogen-bond acceptors (Lipinski definition) is 4. The standard InChI is InChI=1S/C21H28N4O2/c26-21(25-13-10-18(16-25)23-17-7-2-1-3-8-17)22-15-19(20-9-6-14-27-20)24-11-4-5-12-24/h1-3,6-9,14,18-19,23H,4-5,10-13,15-16H2,(H,22,26)/t18-,19-/m1/s1. The summed E-state index contributed by atoms with van der Waals surface area (Å²) in [4.78, 5) is 17.0. The molecule has 1 aromatic heterocycles. The fraction of sp³-hybridized carbons (Fsp3) is 0.476. The summed E-state index contributed by atoms with van der Waals surface area (Å²) in [6, 6.07) is 14.5. The summed E-state index contributed by atoms with van der Waals surface area (Å²) in [5.74, 6) is 0.933. The monoisotopic (exact) mass is 368 g/mol. The van der Waals surface area contributed by atoms with Gasteiger partial charge in [0, 0.05) is 31.4 Å². The number of carbonyl (C=O) groups excluding carboxylic acids is 1. The number of carbonyl (C=O) groups is 1. The van der Waals surface area contributed by atoms with E-state index in [9.17, 15) is 4.79 Å². The maximum atomic E-state index is 12.7. The highest BCUT2D eigenvalue weighted by Crippen LogP contribution is 2.25. The van der Waals surface area contributed by atoms with Gasteiger partial charge in [-0.25, -0.2) is 4.79 Å². The predicted molar refractivity (Wildman–Crippen MR) is 106 cm³/mol. The van der Waals surface area contributed by atoms with Crippen LogP contribution < -0.4 is 10.6 Å². The number of urea groups is 1. The van der Waals surface area contributed by atoms with Crippen molar-refractivity contribution in [2.24, 2.45) is 0 Å². The second-order valence-corrected chi connectivity index (χ2v) is 7.40. The molecule has 2 N–H and O–H groups in total. The van der Waals surface area contributed by atoms with Gasteiger partial charge in [-0.15, -0.1) is 0 Å². The van der Waals surface area contributed by atoms with E-state index < -0.39 is 0 Å². The van der Waals surface area contributed by atoms with Crippen molar-refractivity contribution >= 4 is 11.7 Å². The van der Waals surface area contributed by atoms with Crippen molar-refractivity contribution in [3.05, 3.63) is 54.5 Å². The van der Waals surface area contributed by atoms with Crippen molar-refractivity contribution < 1.29 is 9.21 Å². The van der Waals surface area contributed by atoms with Crippen LogP contribution in [0.1, 0.15) is 31.1 Å². The highest BCUT2D eigenvalue weighted by molar-refractivity contribution is 5.74. The molecule has 4 rings (SSSR count). The van der Waals surface area contributed by atoms with Crippen molar-refractivity contribution in [1.82, 2.24) is 15.1 Å². The molecular weight excluding hydrogens is 340 g/mol. The number of benzene rings is 1. The zero-order valence-electron chi connectivity index (χ0n) is 15.6. The maximum absolute atomic E-state index is 12.7. The lowest BCUT2D eigenvalue weighted by Gasteiger charge is -2.27. The Kier molecular flexibility index (Phi) is 5.63. The van der Waals surface area contributed by atoms with E-state index >= 15 is 0 Å². The largest absolute Gasteiger partial charge is 0.468 e. The number of furan rings is 1. The zero-order valence-corrected chi connectivity index (χ0v) is 15.6. The van der Waals surface area contributed by atoms with Crippen LogP contribution in [-0.2, 0) is 0 Å². The number of nitrogens with one attached hydrogen (secondary N) is 2. The van der Waals surface area contributed by atoms with Gasteiger partial charge in [-0.2, -0.15) is 0 Å². The summed E-state index contributed by atoms with van der Waals surface area (Å²) in [6.07, 6.45) is 5.10. The molecule has 2 aliphatic rings. The SMILES string of the molecule is O=C(NC[C@H](c1ccco1)N1CCCC1)N1CC[C@@H](Nc2ccccc2)C1. The van der Waals surface area contributed by atoms with Crippen LogP contribution in [0.25, 0.3) is 0 Å². The fourth-order valence-electron chi connectivity index (χ4n) is 4.07. The number of amides is 2. The Labute approximate surface area is 160 Å². The molecular formula is C21H28N4O2.